The Morgan fingerprint density at radius 2 is 1.23 bits per heavy atom. The lowest BCUT2D eigenvalue weighted by Crippen LogP contribution is -2.09. The van der Waals surface area contributed by atoms with Crippen LogP contribution >= 0.6 is 0 Å². The molecule has 0 aliphatic rings. The molecule has 0 amide bonds. The van der Waals surface area contributed by atoms with Gasteiger partial charge in [-0.1, -0.05) is 42.5 Å². The van der Waals surface area contributed by atoms with Gasteiger partial charge in [-0.3, -0.25) is 0 Å². The van der Waals surface area contributed by atoms with Crippen LogP contribution in [-0.2, 0) is 7.05 Å². The van der Waals surface area contributed by atoms with Gasteiger partial charge in [-0.2, -0.15) is 0 Å². The summed E-state index contributed by atoms with van der Waals surface area (Å²) in [6.07, 6.45) is 0. The van der Waals surface area contributed by atoms with E-state index in [9.17, 15) is 0 Å². The Hall–Kier alpha value is -3.72. The van der Waals surface area contributed by atoms with Crippen molar-refractivity contribution in [2.75, 3.05) is 19.0 Å². The number of anilines is 1. The van der Waals surface area contributed by atoms with Crippen LogP contribution in [0.15, 0.2) is 72.8 Å². The zero-order valence-electron chi connectivity index (χ0n) is 17.3. The van der Waals surface area contributed by atoms with Gasteiger partial charge in [0.2, 0.25) is 0 Å². The molecule has 0 aliphatic carbocycles. The molecule has 144 valence electrons. The molecule has 0 unspecified atom stereocenters. The number of para-hydroxylation sites is 1. The number of nitrogens with zero attached hydrogens (tertiary/aromatic N) is 3. The van der Waals surface area contributed by atoms with Gasteiger partial charge in [-0.05, 0) is 35.7 Å². The Morgan fingerprint density at radius 1 is 0.567 bits per heavy atom. The molecule has 0 radical (unpaired) electrons. The van der Waals surface area contributed by atoms with Crippen LogP contribution in [0.25, 0.3) is 59.9 Å². The lowest BCUT2D eigenvalue weighted by atomic mass is 10.0. The standard InChI is InChI=1S/C27H21N3/c1-28(2)20-15-14-17-16-8-4-5-10-19(16)30-23-13-7-12-22-26(23)24-18(25(20)27(17)30)9-6-11-21(24)29(22)3/h4-15H,1-3H3. The quantitative estimate of drug-likeness (QED) is 0.311. The minimum Gasteiger partial charge on any atom is -0.377 e. The molecule has 0 N–H and O–H groups in total. The molecule has 30 heavy (non-hydrogen) atoms. The van der Waals surface area contributed by atoms with Crippen LogP contribution in [0.5, 0.6) is 0 Å². The second-order valence-corrected chi connectivity index (χ2v) is 8.53. The SMILES string of the molecule is CN(C)c1ccc2c3ccccc3n3c4cccc5c4c4c(cccc4n5C)c1c23. The average molecular weight is 387 g/mol. The summed E-state index contributed by atoms with van der Waals surface area (Å²) in [6, 6.07) is 26.8. The maximum absolute atomic E-state index is 2.49. The van der Waals surface area contributed by atoms with Crippen molar-refractivity contribution in [3.05, 3.63) is 72.8 Å². The summed E-state index contributed by atoms with van der Waals surface area (Å²) in [5.74, 6) is 0. The highest BCUT2D eigenvalue weighted by Gasteiger charge is 2.21. The maximum atomic E-state index is 2.49. The van der Waals surface area contributed by atoms with Gasteiger partial charge in [0.25, 0.3) is 0 Å². The molecule has 3 heterocycles. The molecule has 0 fully saturated rings. The Balaban J connectivity index is 2.03. The summed E-state index contributed by atoms with van der Waals surface area (Å²) in [7, 11) is 6.47. The van der Waals surface area contributed by atoms with Gasteiger partial charge in [0.1, 0.15) is 0 Å². The van der Waals surface area contributed by atoms with E-state index in [4.69, 9.17) is 0 Å². The Kier molecular flexibility index (Phi) is 2.82. The number of rotatable bonds is 1. The first-order valence-electron chi connectivity index (χ1n) is 10.4. The molecule has 0 saturated heterocycles. The molecule has 0 atom stereocenters. The molecule has 0 aliphatic heterocycles. The summed E-state index contributed by atoms with van der Waals surface area (Å²) in [4.78, 5) is 2.24. The minimum absolute atomic E-state index is 1.25. The maximum Gasteiger partial charge on any atom is 0.0640 e. The van der Waals surface area contributed by atoms with Crippen LogP contribution in [0.4, 0.5) is 5.69 Å². The van der Waals surface area contributed by atoms with Crippen molar-refractivity contribution in [1.82, 2.24) is 8.97 Å². The van der Waals surface area contributed by atoms with Crippen molar-refractivity contribution in [3.63, 3.8) is 0 Å². The predicted molar refractivity (Wildman–Crippen MR) is 129 cm³/mol. The van der Waals surface area contributed by atoms with E-state index in [-0.39, 0.29) is 0 Å². The Morgan fingerprint density at radius 3 is 2.07 bits per heavy atom. The molecule has 7 aromatic rings. The number of benzene rings is 4. The van der Waals surface area contributed by atoms with Crippen LogP contribution in [-0.4, -0.2) is 23.1 Å². The van der Waals surface area contributed by atoms with Crippen molar-refractivity contribution < 1.29 is 0 Å². The van der Waals surface area contributed by atoms with Gasteiger partial charge in [-0.15, -0.1) is 0 Å². The van der Waals surface area contributed by atoms with Gasteiger partial charge in [-0.25, -0.2) is 0 Å². The molecular formula is C27H21N3. The zero-order chi connectivity index (χ0) is 20.1. The van der Waals surface area contributed by atoms with E-state index >= 15 is 0 Å². The fourth-order valence-corrected chi connectivity index (χ4v) is 5.61. The summed E-state index contributed by atoms with van der Waals surface area (Å²) in [5, 5.41) is 7.96. The number of aromatic nitrogens is 2. The van der Waals surface area contributed by atoms with Crippen LogP contribution < -0.4 is 4.90 Å². The van der Waals surface area contributed by atoms with Crippen molar-refractivity contribution in [1.29, 1.82) is 0 Å². The van der Waals surface area contributed by atoms with Crippen molar-refractivity contribution in [2.24, 2.45) is 7.05 Å². The molecule has 0 saturated carbocycles. The lowest BCUT2D eigenvalue weighted by molar-refractivity contribution is 1.01. The molecule has 7 rings (SSSR count). The first-order chi connectivity index (χ1) is 14.7. The smallest absolute Gasteiger partial charge is 0.0640 e. The fourth-order valence-electron chi connectivity index (χ4n) is 5.61. The fraction of sp³-hybridized carbons (Fsp3) is 0.111. The molecule has 0 bridgehead atoms. The van der Waals surface area contributed by atoms with Gasteiger partial charge in [0.15, 0.2) is 0 Å². The molecular weight excluding hydrogens is 366 g/mol. The molecule has 0 spiro atoms. The van der Waals surface area contributed by atoms with E-state index < -0.39 is 0 Å². The van der Waals surface area contributed by atoms with Crippen molar-refractivity contribution in [2.45, 2.75) is 0 Å². The summed E-state index contributed by atoms with van der Waals surface area (Å²) < 4.78 is 4.83. The molecule has 4 aromatic carbocycles. The van der Waals surface area contributed by atoms with E-state index in [1.807, 2.05) is 0 Å². The number of hydrogen-bond acceptors (Lipinski definition) is 1. The van der Waals surface area contributed by atoms with E-state index in [1.165, 1.54) is 65.6 Å². The van der Waals surface area contributed by atoms with Gasteiger partial charge >= 0.3 is 0 Å². The first-order valence-corrected chi connectivity index (χ1v) is 10.4. The second kappa shape index (κ2) is 5.25. The van der Waals surface area contributed by atoms with Crippen LogP contribution in [0.2, 0.25) is 0 Å². The highest BCUT2D eigenvalue weighted by atomic mass is 15.1. The Labute approximate surface area is 173 Å². The van der Waals surface area contributed by atoms with E-state index in [0.717, 1.165) is 0 Å². The number of fused-ring (bicyclic) bond motifs is 5. The third kappa shape index (κ3) is 1.69. The highest BCUT2D eigenvalue weighted by Crippen LogP contribution is 2.45. The van der Waals surface area contributed by atoms with Crippen molar-refractivity contribution >= 4 is 65.6 Å². The average Bonchev–Trinajstić information content (AvgIpc) is 3.21. The van der Waals surface area contributed by atoms with Gasteiger partial charge in [0, 0.05) is 59.3 Å². The van der Waals surface area contributed by atoms with Gasteiger partial charge < -0.3 is 13.9 Å². The summed E-state index contributed by atoms with van der Waals surface area (Å²) in [6.45, 7) is 0. The topological polar surface area (TPSA) is 12.6 Å². The lowest BCUT2D eigenvalue weighted by Gasteiger charge is -2.16. The van der Waals surface area contributed by atoms with E-state index in [2.05, 4.69) is 108 Å². The van der Waals surface area contributed by atoms with Crippen LogP contribution in [0.1, 0.15) is 0 Å². The van der Waals surface area contributed by atoms with Crippen LogP contribution in [0.3, 0.4) is 0 Å². The summed E-state index contributed by atoms with van der Waals surface area (Å²) >= 11 is 0. The highest BCUT2D eigenvalue weighted by molar-refractivity contribution is 6.32. The summed E-state index contributed by atoms with van der Waals surface area (Å²) in [5.41, 5.74) is 7.66. The third-order valence-corrected chi connectivity index (χ3v) is 6.84. The largest absolute Gasteiger partial charge is 0.377 e. The second-order valence-electron chi connectivity index (χ2n) is 8.53. The third-order valence-electron chi connectivity index (χ3n) is 6.84. The van der Waals surface area contributed by atoms with Crippen LogP contribution in [0, 0.1) is 0 Å². The van der Waals surface area contributed by atoms with Crippen molar-refractivity contribution in [3.8, 4) is 0 Å². The molecule has 3 heteroatoms. The zero-order valence-corrected chi connectivity index (χ0v) is 17.3. The number of hydrogen-bond donors (Lipinski definition) is 0. The monoisotopic (exact) mass is 387 g/mol. The van der Waals surface area contributed by atoms with E-state index in [1.54, 1.807) is 0 Å². The predicted octanol–water partition coefficient (Wildman–Crippen LogP) is 6.55. The first kappa shape index (κ1) is 16.1. The van der Waals surface area contributed by atoms with E-state index in [0.29, 0.717) is 0 Å². The normalized spacial score (nSPS) is 12.5. The minimum atomic E-state index is 1.25. The molecule has 3 nitrogen and oxygen atoms in total. The number of aryl methyl sites for hydroxylation is 1. The van der Waals surface area contributed by atoms with Gasteiger partial charge in [0.05, 0.1) is 22.1 Å². The molecule has 3 aromatic heterocycles. The Bertz CT molecular complexity index is 1780.